The molecular weight excluding hydrogens is 276 g/mol. The topological polar surface area (TPSA) is 65.4 Å². The first-order chi connectivity index (χ1) is 10.7. The number of anilines is 1. The van der Waals surface area contributed by atoms with Gasteiger partial charge in [-0.25, -0.2) is 9.66 Å². The molecule has 0 spiro atoms. The highest BCUT2D eigenvalue weighted by atomic mass is 16.5. The Kier molecular flexibility index (Phi) is 4.53. The minimum absolute atomic E-state index is 0.398. The van der Waals surface area contributed by atoms with Crippen LogP contribution in [0.15, 0.2) is 35.6 Å². The lowest BCUT2D eigenvalue weighted by Crippen LogP contribution is -2.07. The first-order valence-electron chi connectivity index (χ1n) is 7.77. The van der Waals surface area contributed by atoms with Gasteiger partial charge >= 0.3 is 0 Å². The second kappa shape index (κ2) is 6.75. The van der Waals surface area contributed by atoms with Crippen LogP contribution in [0.2, 0.25) is 0 Å². The fourth-order valence-corrected chi connectivity index (χ4v) is 2.69. The maximum atomic E-state index is 5.91. The number of aryl methyl sites for hydroxylation is 1. The zero-order valence-electron chi connectivity index (χ0n) is 12.9. The Labute approximate surface area is 130 Å². The van der Waals surface area contributed by atoms with Crippen molar-refractivity contribution in [2.45, 2.75) is 45.3 Å². The van der Waals surface area contributed by atoms with E-state index in [0.29, 0.717) is 18.7 Å². The average molecular weight is 298 g/mol. The number of aromatic nitrogens is 2. The lowest BCUT2D eigenvalue weighted by molar-refractivity contribution is 0.0457. The van der Waals surface area contributed by atoms with Crippen LogP contribution in [-0.4, -0.2) is 22.0 Å². The molecule has 2 aromatic rings. The molecule has 0 bridgehead atoms. The van der Waals surface area contributed by atoms with Crippen LogP contribution >= 0.6 is 0 Å². The van der Waals surface area contributed by atoms with Gasteiger partial charge in [-0.3, -0.25) is 0 Å². The van der Waals surface area contributed by atoms with Crippen molar-refractivity contribution in [2.24, 2.45) is 5.10 Å². The summed E-state index contributed by atoms with van der Waals surface area (Å²) in [5.74, 6) is 0.398. The molecule has 1 fully saturated rings. The van der Waals surface area contributed by atoms with E-state index in [0.717, 1.165) is 11.3 Å². The Morgan fingerprint density at radius 2 is 2.05 bits per heavy atom. The molecule has 0 saturated heterocycles. The molecule has 5 heteroatoms. The summed E-state index contributed by atoms with van der Waals surface area (Å²) in [6.07, 6.45) is 9.05. The first-order valence-corrected chi connectivity index (χ1v) is 7.77. The summed E-state index contributed by atoms with van der Waals surface area (Å²) in [5, 5.41) is 4.31. The predicted molar refractivity (Wildman–Crippen MR) is 87.9 cm³/mol. The van der Waals surface area contributed by atoms with E-state index in [-0.39, 0.29) is 0 Å². The zero-order valence-corrected chi connectivity index (χ0v) is 12.9. The SMILES string of the molecule is Cc1cn(N=Cc2ccc(COC3CCCC3)cc2)c(N)n1. The second-order valence-corrected chi connectivity index (χ2v) is 5.79. The number of hydrogen-bond acceptors (Lipinski definition) is 4. The van der Waals surface area contributed by atoms with Crippen molar-refractivity contribution >= 4 is 12.2 Å². The number of nitrogens with two attached hydrogens (primary N) is 1. The Balaban J connectivity index is 1.57. The Morgan fingerprint density at radius 3 is 2.68 bits per heavy atom. The van der Waals surface area contributed by atoms with Gasteiger partial charge in [-0.1, -0.05) is 37.1 Å². The van der Waals surface area contributed by atoms with Crippen LogP contribution in [0.3, 0.4) is 0 Å². The largest absolute Gasteiger partial charge is 0.374 e. The number of ether oxygens (including phenoxy) is 1. The molecule has 0 radical (unpaired) electrons. The van der Waals surface area contributed by atoms with Gasteiger partial charge in [0.25, 0.3) is 0 Å². The molecule has 1 aromatic carbocycles. The van der Waals surface area contributed by atoms with Crippen molar-refractivity contribution in [2.75, 3.05) is 5.73 Å². The molecule has 22 heavy (non-hydrogen) atoms. The monoisotopic (exact) mass is 298 g/mol. The van der Waals surface area contributed by atoms with Crippen molar-refractivity contribution in [1.82, 2.24) is 9.66 Å². The van der Waals surface area contributed by atoms with Crippen molar-refractivity contribution in [1.29, 1.82) is 0 Å². The van der Waals surface area contributed by atoms with Gasteiger partial charge in [0, 0.05) is 0 Å². The molecule has 1 aromatic heterocycles. The van der Waals surface area contributed by atoms with E-state index in [2.05, 4.69) is 22.2 Å². The minimum atomic E-state index is 0.398. The molecule has 1 saturated carbocycles. The van der Waals surface area contributed by atoms with Gasteiger partial charge in [-0.2, -0.15) is 5.10 Å². The molecular formula is C17H22N4O. The highest BCUT2D eigenvalue weighted by Gasteiger charge is 2.14. The average Bonchev–Trinajstić information content (AvgIpc) is 3.14. The summed E-state index contributed by atoms with van der Waals surface area (Å²) in [4.78, 5) is 4.11. The van der Waals surface area contributed by atoms with Crippen LogP contribution < -0.4 is 5.73 Å². The molecule has 0 amide bonds. The number of nitrogen functional groups attached to an aromatic ring is 1. The van der Waals surface area contributed by atoms with Gasteiger partial charge in [0.05, 0.1) is 30.8 Å². The summed E-state index contributed by atoms with van der Waals surface area (Å²) < 4.78 is 7.49. The van der Waals surface area contributed by atoms with Gasteiger partial charge < -0.3 is 10.5 Å². The van der Waals surface area contributed by atoms with E-state index >= 15 is 0 Å². The van der Waals surface area contributed by atoms with Gasteiger partial charge in [0.2, 0.25) is 5.95 Å². The lowest BCUT2D eigenvalue weighted by Gasteiger charge is -2.10. The molecule has 1 heterocycles. The van der Waals surface area contributed by atoms with Crippen LogP contribution in [0, 0.1) is 6.92 Å². The van der Waals surface area contributed by atoms with Crippen LogP contribution in [0.1, 0.15) is 42.5 Å². The number of benzene rings is 1. The van der Waals surface area contributed by atoms with Crippen molar-refractivity contribution in [3.63, 3.8) is 0 Å². The van der Waals surface area contributed by atoms with Crippen molar-refractivity contribution in [3.8, 4) is 0 Å². The molecule has 0 aliphatic heterocycles. The summed E-state index contributed by atoms with van der Waals surface area (Å²) in [6.45, 7) is 2.58. The first kappa shape index (κ1) is 14.8. The van der Waals surface area contributed by atoms with E-state index in [1.165, 1.54) is 31.2 Å². The van der Waals surface area contributed by atoms with E-state index in [1.54, 1.807) is 17.1 Å². The maximum Gasteiger partial charge on any atom is 0.221 e. The standard InChI is InChI=1S/C17H22N4O/c1-13-11-21(17(18)20-13)19-10-14-6-8-15(9-7-14)12-22-16-4-2-3-5-16/h6-11,16H,2-5,12H2,1H3,(H2,18,20). The number of rotatable bonds is 5. The van der Waals surface area contributed by atoms with Crippen LogP contribution in [0.5, 0.6) is 0 Å². The minimum Gasteiger partial charge on any atom is -0.374 e. The number of hydrogen-bond donors (Lipinski definition) is 1. The fourth-order valence-electron chi connectivity index (χ4n) is 2.69. The van der Waals surface area contributed by atoms with E-state index in [9.17, 15) is 0 Å². The summed E-state index contributed by atoms with van der Waals surface area (Å²) in [6, 6.07) is 8.24. The highest BCUT2D eigenvalue weighted by Crippen LogP contribution is 2.22. The van der Waals surface area contributed by atoms with Gasteiger partial charge in [-0.05, 0) is 30.9 Å². The Bertz CT molecular complexity index is 639. The molecule has 1 aliphatic carbocycles. The van der Waals surface area contributed by atoms with Gasteiger partial charge in [0.1, 0.15) is 0 Å². The second-order valence-electron chi connectivity index (χ2n) is 5.79. The van der Waals surface area contributed by atoms with E-state index in [4.69, 9.17) is 10.5 Å². The van der Waals surface area contributed by atoms with Gasteiger partial charge in [-0.15, -0.1) is 0 Å². The van der Waals surface area contributed by atoms with Crippen LogP contribution in [0.4, 0.5) is 5.95 Å². The molecule has 0 atom stereocenters. The van der Waals surface area contributed by atoms with E-state index in [1.807, 2.05) is 19.1 Å². The predicted octanol–water partition coefficient (Wildman–Crippen LogP) is 3.12. The highest BCUT2D eigenvalue weighted by molar-refractivity contribution is 5.79. The number of imidazole rings is 1. The molecule has 3 rings (SSSR count). The zero-order chi connectivity index (χ0) is 15.4. The fraction of sp³-hybridized carbons (Fsp3) is 0.412. The summed E-state index contributed by atoms with van der Waals surface area (Å²) in [5.41, 5.74) is 8.83. The summed E-state index contributed by atoms with van der Waals surface area (Å²) >= 11 is 0. The third-order valence-corrected chi connectivity index (χ3v) is 3.93. The maximum absolute atomic E-state index is 5.91. The Hall–Kier alpha value is -2.14. The smallest absolute Gasteiger partial charge is 0.221 e. The lowest BCUT2D eigenvalue weighted by atomic mass is 10.1. The molecule has 5 nitrogen and oxygen atoms in total. The molecule has 116 valence electrons. The third kappa shape index (κ3) is 3.74. The van der Waals surface area contributed by atoms with Crippen LogP contribution in [0.25, 0.3) is 0 Å². The Morgan fingerprint density at radius 1 is 1.32 bits per heavy atom. The summed E-state index contributed by atoms with van der Waals surface area (Å²) in [7, 11) is 0. The van der Waals surface area contributed by atoms with Crippen molar-refractivity contribution in [3.05, 3.63) is 47.3 Å². The van der Waals surface area contributed by atoms with Crippen molar-refractivity contribution < 1.29 is 4.74 Å². The molecule has 1 aliphatic rings. The normalized spacial score (nSPS) is 15.9. The van der Waals surface area contributed by atoms with Crippen LogP contribution in [-0.2, 0) is 11.3 Å². The van der Waals surface area contributed by atoms with Gasteiger partial charge in [0.15, 0.2) is 0 Å². The number of nitrogens with zero attached hydrogens (tertiary/aromatic N) is 3. The molecule has 0 unspecified atom stereocenters. The van der Waals surface area contributed by atoms with E-state index < -0.39 is 0 Å². The third-order valence-electron chi connectivity index (χ3n) is 3.93. The molecule has 2 N–H and O–H groups in total. The quantitative estimate of drug-likeness (QED) is 0.863.